The van der Waals surface area contributed by atoms with Gasteiger partial charge in [0.25, 0.3) is 0 Å². The second-order valence-electron chi connectivity index (χ2n) is 1.97. The maximum absolute atomic E-state index is 8.17. The van der Waals surface area contributed by atoms with Crippen LogP contribution in [0.25, 0.3) is 0 Å². The van der Waals surface area contributed by atoms with Crippen LogP contribution in [0.5, 0.6) is 0 Å². The predicted octanol–water partition coefficient (Wildman–Crippen LogP) is 1.72. The van der Waals surface area contributed by atoms with Gasteiger partial charge in [0.2, 0.25) is 0 Å². The Labute approximate surface area is 65.4 Å². The van der Waals surface area contributed by atoms with Crippen LogP contribution in [-0.4, -0.2) is 0 Å². The van der Waals surface area contributed by atoms with E-state index in [0.717, 1.165) is 17.7 Å². The number of nitriles is 1. The van der Waals surface area contributed by atoms with E-state index < -0.39 is 0 Å². The summed E-state index contributed by atoms with van der Waals surface area (Å²) in [4.78, 5) is 0. The van der Waals surface area contributed by atoms with Crippen LogP contribution in [0.1, 0.15) is 18.2 Å². The first-order valence-corrected chi connectivity index (χ1v) is 3.35. The first-order valence-electron chi connectivity index (χ1n) is 3.35. The molecule has 0 aromatic carbocycles. The smallest absolute Gasteiger partial charge is 0.152 e. The van der Waals surface area contributed by atoms with Crippen molar-refractivity contribution in [1.29, 1.82) is 5.26 Å². The van der Waals surface area contributed by atoms with Crippen molar-refractivity contribution in [3.8, 4) is 17.9 Å². The van der Waals surface area contributed by atoms with E-state index in [1.165, 1.54) is 0 Å². The van der Waals surface area contributed by atoms with Gasteiger partial charge in [0, 0.05) is 12.3 Å². The normalized spacial score (nSPS) is 8.00. The van der Waals surface area contributed by atoms with Gasteiger partial charge in [-0.15, -0.1) is 0 Å². The molecule has 1 aromatic heterocycles. The Kier molecular flexibility index (Phi) is 2.36. The standard InChI is InChI=1S/C9H7NO/c1-2-9-8(4-3-6-10)5-7-11-9/h5,7H,2H2,1H3. The topological polar surface area (TPSA) is 36.9 Å². The average molecular weight is 145 g/mol. The van der Waals surface area contributed by atoms with E-state index in [9.17, 15) is 0 Å². The largest absolute Gasteiger partial charge is 0.468 e. The van der Waals surface area contributed by atoms with E-state index in [1.54, 1.807) is 18.4 Å². The van der Waals surface area contributed by atoms with Crippen LogP contribution in [-0.2, 0) is 6.42 Å². The van der Waals surface area contributed by atoms with Crippen molar-refractivity contribution in [3.63, 3.8) is 0 Å². The molecule has 54 valence electrons. The Morgan fingerprint density at radius 2 is 2.45 bits per heavy atom. The molecular formula is C9H7NO. The van der Waals surface area contributed by atoms with E-state index in [0.29, 0.717) is 0 Å². The highest BCUT2D eigenvalue weighted by molar-refractivity contribution is 5.39. The Balaban J connectivity index is 2.95. The molecule has 0 aliphatic rings. The zero-order valence-corrected chi connectivity index (χ0v) is 6.22. The van der Waals surface area contributed by atoms with Crippen molar-refractivity contribution in [2.45, 2.75) is 13.3 Å². The summed E-state index contributed by atoms with van der Waals surface area (Å²) < 4.78 is 5.10. The lowest BCUT2D eigenvalue weighted by Crippen LogP contribution is -1.78. The summed E-state index contributed by atoms with van der Waals surface area (Å²) in [6.45, 7) is 1.98. The zero-order chi connectivity index (χ0) is 8.10. The van der Waals surface area contributed by atoms with E-state index >= 15 is 0 Å². The molecule has 1 rings (SSSR count). The lowest BCUT2D eigenvalue weighted by Gasteiger charge is -1.86. The SMILES string of the molecule is CCc1occc1C#CC#N. The lowest BCUT2D eigenvalue weighted by atomic mass is 10.2. The van der Waals surface area contributed by atoms with Crippen LogP contribution < -0.4 is 0 Å². The van der Waals surface area contributed by atoms with Gasteiger partial charge in [-0.3, -0.25) is 0 Å². The van der Waals surface area contributed by atoms with Crippen LogP contribution in [0, 0.1) is 23.2 Å². The highest BCUT2D eigenvalue weighted by Crippen LogP contribution is 2.08. The minimum Gasteiger partial charge on any atom is -0.468 e. The fraction of sp³-hybridized carbons (Fsp3) is 0.222. The van der Waals surface area contributed by atoms with Gasteiger partial charge in [-0.1, -0.05) is 6.92 Å². The minimum atomic E-state index is 0.808. The summed E-state index contributed by atoms with van der Waals surface area (Å²) in [6.07, 6.45) is 2.39. The van der Waals surface area contributed by atoms with E-state index in [2.05, 4.69) is 11.8 Å². The van der Waals surface area contributed by atoms with Crippen molar-refractivity contribution in [3.05, 3.63) is 23.7 Å². The molecule has 0 amide bonds. The van der Waals surface area contributed by atoms with Crippen molar-refractivity contribution >= 4 is 0 Å². The Bertz CT molecular complexity index is 332. The second kappa shape index (κ2) is 3.49. The molecule has 0 bridgehead atoms. The Hall–Kier alpha value is -1.67. The molecule has 0 N–H and O–H groups in total. The first-order chi connectivity index (χ1) is 5.38. The van der Waals surface area contributed by atoms with Gasteiger partial charge in [0.05, 0.1) is 11.8 Å². The third kappa shape index (κ3) is 1.63. The summed E-state index contributed by atoms with van der Waals surface area (Å²) in [5, 5.41) is 8.17. The summed E-state index contributed by atoms with van der Waals surface area (Å²) >= 11 is 0. The van der Waals surface area contributed by atoms with Crippen molar-refractivity contribution < 1.29 is 4.42 Å². The van der Waals surface area contributed by atoms with Crippen LogP contribution >= 0.6 is 0 Å². The number of furan rings is 1. The molecule has 0 fully saturated rings. The summed E-state index contributed by atoms with van der Waals surface area (Å²) in [7, 11) is 0. The monoisotopic (exact) mass is 145 g/mol. The number of aryl methyl sites for hydroxylation is 1. The quantitative estimate of drug-likeness (QED) is 0.564. The molecule has 2 heteroatoms. The van der Waals surface area contributed by atoms with Gasteiger partial charge < -0.3 is 4.42 Å². The molecule has 1 aromatic rings. The third-order valence-corrected chi connectivity index (χ3v) is 1.32. The van der Waals surface area contributed by atoms with Crippen molar-refractivity contribution in [2.24, 2.45) is 0 Å². The van der Waals surface area contributed by atoms with Gasteiger partial charge in [-0.2, -0.15) is 5.26 Å². The molecule has 0 spiro atoms. The summed E-state index contributed by atoms with van der Waals surface area (Å²) in [5.41, 5.74) is 0.814. The van der Waals surface area contributed by atoms with Crippen LogP contribution in [0.2, 0.25) is 0 Å². The molecule has 1 heterocycles. The van der Waals surface area contributed by atoms with E-state index in [1.807, 2.05) is 6.92 Å². The van der Waals surface area contributed by atoms with Gasteiger partial charge in [-0.05, 0) is 12.0 Å². The van der Waals surface area contributed by atoms with E-state index in [-0.39, 0.29) is 0 Å². The lowest BCUT2D eigenvalue weighted by molar-refractivity contribution is 0.515. The number of nitrogens with zero attached hydrogens (tertiary/aromatic N) is 1. The van der Waals surface area contributed by atoms with Gasteiger partial charge >= 0.3 is 0 Å². The molecule has 0 atom stereocenters. The zero-order valence-electron chi connectivity index (χ0n) is 6.22. The molecule has 11 heavy (non-hydrogen) atoms. The minimum absolute atomic E-state index is 0.808. The van der Waals surface area contributed by atoms with Crippen molar-refractivity contribution in [1.82, 2.24) is 0 Å². The summed E-state index contributed by atoms with van der Waals surface area (Å²) in [6, 6.07) is 3.52. The van der Waals surface area contributed by atoms with Gasteiger partial charge in [0.1, 0.15) is 5.76 Å². The number of hydrogen-bond donors (Lipinski definition) is 0. The number of hydrogen-bond acceptors (Lipinski definition) is 2. The molecule has 0 aliphatic heterocycles. The molecular weight excluding hydrogens is 138 g/mol. The highest BCUT2D eigenvalue weighted by atomic mass is 16.3. The fourth-order valence-electron chi connectivity index (χ4n) is 0.821. The van der Waals surface area contributed by atoms with Crippen LogP contribution in [0.3, 0.4) is 0 Å². The van der Waals surface area contributed by atoms with Gasteiger partial charge in [0.15, 0.2) is 6.07 Å². The first kappa shape index (κ1) is 7.44. The summed E-state index contributed by atoms with van der Waals surface area (Å²) in [5.74, 6) is 5.85. The molecule has 0 unspecified atom stereocenters. The molecule has 0 radical (unpaired) electrons. The molecule has 0 saturated heterocycles. The molecule has 0 aliphatic carbocycles. The molecule has 0 saturated carbocycles. The number of rotatable bonds is 1. The molecule has 2 nitrogen and oxygen atoms in total. The maximum atomic E-state index is 8.17. The average Bonchev–Trinajstić information content (AvgIpc) is 2.47. The fourth-order valence-corrected chi connectivity index (χ4v) is 0.821. The van der Waals surface area contributed by atoms with E-state index in [4.69, 9.17) is 9.68 Å². The highest BCUT2D eigenvalue weighted by Gasteiger charge is 1.98. The Morgan fingerprint density at radius 3 is 3.09 bits per heavy atom. The van der Waals surface area contributed by atoms with Crippen LogP contribution in [0.4, 0.5) is 0 Å². The van der Waals surface area contributed by atoms with Gasteiger partial charge in [-0.25, -0.2) is 0 Å². The Morgan fingerprint density at radius 1 is 1.64 bits per heavy atom. The van der Waals surface area contributed by atoms with Crippen molar-refractivity contribution in [2.75, 3.05) is 0 Å². The third-order valence-electron chi connectivity index (χ3n) is 1.32. The predicted molar refractivity (Wildman–Crippen MR) is 40.6 cm³/mol. The van der Waals surface area contributed by atoms with Crippen LogP contribution in [0.15, 0.2) is 16.7 Å². The second-order valence-corrected chi connectivity index (χ2v) is 1.97. The maximum Gasteiger partial charge on any atom is 0.152 e.